The minimum atomic E-state index is -0.576. The molecule has 0 saturated carbocycles. The van der Waals surface area contributed by atoms with Crippen molar-refractivity contribution in [1.29, 1.82) is 0 Å². The number of nitrogens with zero attached hydrogens (tertiary/aromatic N) is 2. The van der Waals surface area contributed by atoms with Crippen molar-refractivity contribution >= 4 is 17.2 Å². The normalized spacial score (nSPS) is 12.8. The third-order valence-corrected chi connectivity index (χ3v) is 4.07. The molecule has 5 nitrogen and oxygen atoms in total. The standard InChI is InChI=1S/C13H22N2O3S/c1-8(2)14(6-9(3)16)12(17)7-15-10(4)11(5)19-13(15)18/h8-9,16H,6-7H2,1-5H3. The van der Waals surface area contributed by atoms with Crippen LogP contribution in [0.25, 0.3) is 0 Å². The molecule has 1 amide bonds. The molecule has 1 atom stereocenters. The van der Waals surface area contributed by atoms with Crippen molar-refractivity contribution in [3.63, 3.8) is 0 Å². The van der Waals surface area contributed by atoms with Gasteiger partial charge in [0.1, 0.15) is 6.54 Å². The van der Waals surface area contributed by atoms with E-state index in [0.29, 0.717) is 0 Å². The van der Waals surface area contributed by atoms with Crippen molar-refractivity contribution in [3.05, 3.63) is 20.2 Å². The fourth-order valence-corrected chi connectivity index (χ4v) is 2.71. The zero-order chi connectivity index (χ0) is 14.7. The van der Waals surface area contributed by atoms with Crippen LogP contribution in [-0.2, 0) is 11.3 Å². The van der Waals surface area contributed by atoms with E-state index in [9.17, 15) is 14.7 Å². The van der Waals surface area contributed by atoms with Gasteiger partial charge in [-0.3, -0.25) is 14.2 Å². The van der Waals surface area contributed by atoms with Crippen LogP contribution in [0.1, 0.15) is 31.3 Å². The van der Waals surface area contributed by atoms with Crippen molar-refractivity contribution in [3.8, 4) is 0 Å². The van der Waals surface area contributed by atoms with Crippen molar-refractivity contribution in [1.82, 2.24) is 9.47 Å². The van der Waals surface area contributed by atoms with Gasteiger partial charge >= 0.3 is 4.87 Å². The fourth-order valence-electron chi connectivity index (χ4n) is 1.88. The van der Waals surface area contributed by atoms with Gasteiger partial charge in [-0.2, -0.15) is 0 Å². The van der Waals surface area contributed by atoms with Crippen LogP contribution >= 0.6 is 11.3 Å². The topological polar surface area (TPSA) is 62.5 Å². The zero-order valence-electron chi connectivity index (χ0n) is 12.1. The maximum Gasteiger partial charge on any atom is 0.308 e. The lowest BCUT2D eigenvalue weighted by molar-refractivity contribution is -0.135. The van der Waals surface area contributed by atoms with Crippen LogP contribution < -0.4 is 4.87 Å². The van der Waals surface area contributed by atoms with Gasteiger partial charge in [-0.1, -0.05) is 11.3 Å². The monoisotopic (exact) mass is 286 g/mol. The summed E-state index contributed by atoms with van der Waals surface area (Å²) < 4.78 is 1.50. The number of aryl methyl sites for hydroxylation is 1. The highest BCUT2D eigenvalue weighted by molar-refractivity contribution is 7.09. The van der Waals surface area contributed by atoms with Gasteiger partial charge in [0.2, 0.25) is 5.91 Å². The Morgan fingerprint density at radius 2 is 1.95 bits per heavy atom. The molecule has 1 aromatic rings. The minimum Gasteiger partial charge on any atom is -0.392 e. The van der Waals surface area contributed by atoms with Gasteiger partial charge in [0.25, 0.3) is 0 Å². The maximum atomic E-state index is 12.3. The Kier molecular flexibility index (Phi) is 5.31. The molecule has 0 aliphatic rings. The summed E-state index contributed by atoms with van der Waals surface area (Å²) >= 11 is 1.16. The Morgan fingerprint density at radius 1 is 1.37 bits per heavy atom. The van der Waals surface area contributed by atoms with Crippen LogP contribution in [0.2, 0.25) is 0 Å². The number of rotatable bonds is 5. The van der Waals surface area contributed by atoms with Gasteiger partial charge in [-0.05, 0) is 34.6 Å². The molecule has 0 aliphatic carbocycles. The largest absolute Gasteiger partial charge is 0.392 e. The van der Waals surface area contributed by atoms with Gasteiger partial charge in [-0.15, -0.1) is 0 Å². The summed E-state index contributed by atoms with van der Waals surface area (Å²) in [5.74, 6) is -0.140. The Morgan fingerprint density at radius 3 is 2.32 bits per heavy atom. The highest BCUT2D eigenvalue weighted by Gasteiger charge is 2.20. The lowest BCUT2D eigenvalue weighted by Crippen LogP contribution is -2.43. The number of aliphatic hydroxyl groups is 1. The molecule has 1 unspecified atom stereocenters. The molecule has 0 spiro atoms. The zero-order valence-corrected chi connectivity index (χ0v) is 13.0. The summed E-state index contributed by atoms with van der Waals surface area (Å²) in [5.41, 5.74) is 0.837. The van der Waals surface area contributed by atoms with Crippen LogP contribution in [0, 0.1) is 13.8 Å². The van der Waals surface area contributed by atoms with E-state index >= 15 is 0 Å². The van der Waals surface area contributed by atoms with E-state index in [0.717, 1.165) is 21.9 Å². The number of aliphatic hydroxyl groups excluding tert-OH is 1. The van der Waals surface area contributed by atoms with Crippen LogP contribution in [-0.4, -0.2) is 39.2 Å². The number of carbonyl (C=O) groups excluding carboxylic acids is 1. The van der Waals surface area contributed by atoms with E-state index in [-0.39, 0.29) is 29.9 Å². The van der Waals surface area contributed by atoms with Crippen molar-refractivity contribution in [2.45, 2.75) is 53.3 Å². The van der Waals surface area contributed by atoms with Gasteiger partial charge in [0.05, 0.1) is 6.10 Å². The molecule has 0 saturated heterocycles. The molecule has 1 N–H and O–H groups in total. The molecular weight excluding hydrogens is 264 g/mol. The van der Waals surface area contributed by atoms with Crippen molar-refractivity contribution in [2.75, 3.05) is 6.54 Å². The van der Waals surface area contributed by atoms with E-state index in [2.05, 4.69) is 0 Å². The third kappa shape index (κ3) is 3.91. The predicted molar refractivity (Wildman–Crippen MR) is 76.6 cm³/mol. The van der Waals surface area contributed by atoms with Crippen molar-refractivity contribution in [2.24, 2.45) is 0 Å². The SMILES string of the molecule is Cc1sc(=O)n(CC(=O)N(CC(C)O)C(C)C)c1C. The lowest BCUT2D eigenvalue weighted by Gasteiger charge is -2.28. The molecule has 0 fully saturated rings. The maximum absolute atomic E-state index is 12.3. The average molecular weight is 286 g/mol. The number of amides is 1. The molecule has 1 rings (SSSR count). The van der Waals surface area contributed by atoms with Crippen LogP contribution in [0.3, 0.4) is 0 Å². The molecule has 1 heterocycles. The van der Waals surface area contributed by atoms with Gasteiger partial charge < -0.3 is 10.0 Å². The average Bonchev–Trinajstić information content (AvgIpc) is 2.52. The molecule has 0 aliphatic heterocycles. The third-order valence-electron chi connectivity index (χ3n) is 3.07. The van der Waals surface area contributed by atoms with E-state index < -0.39 is 6.10 Å². The summed E-state index contributed by atoms with van der Waals surface area (Å²) in [6.07, 6.45) is -0.576. The van der Waals surface area contributed by atoms with Crippen LogP contribution in [0.15, 0.2) is 4.79 Å². The first-order valence-electron chi connectivity index (χ1n) is 6.38. The molecular formula is C13H22N2O3S. The van der Waals surface area contributed by atoms with E-state index in [4.69, 9.17) is 0 Å². The molecule has 6 heteroatoms. The predicted octanol–water partition coefficient (Wildman–Crippen LogP) is 1.14. The number of thiazole rings is 1. The van der Waals surface area contributed by atoms with E-state index in [1.165, 1.54) is 4.57 Å². The Labute approximate surface area is 117 Å². The Bertz CT molecular complexity index is 502. The first-order chi connectivity index (χ1) is 8.73. The van der Waals surface area contributed by atoms with Gasteiger partial charge in [0, 0.05) is 23.2 Å². The minimum absolute atomic E-state index is 0.00200. The van der Waals surface area contributed by atoms with Crippen LogP contribution in [0.5, 0.6) is 0 Å². The second-order valence-electron chi connectivity index (χ2n) is 5.08. The molecule has 19 heavy (non-hydrogen) atoms. The highest BCUT2D eigenvalue weighted by atomic mass is 32.1. The fraction of sp³-hybridized carbons (Fsp3) is 0.692. The molecule has 0 bridgehead atoms. The molecule has 108 valence electrons. The molecule has 0 radical (unpaired) electrons. The summed E-state index contributed by atoms with van der Waals surface area (Å²) in [6.45, 7) is 9.49. The Hall–Kier alpha value is -1.14. The van der Waals surface area contributed by atoms with E-state index in [1.807, 2.05) is 27.7 Å². The smallest absolute Gasteiger partial charge is 0.308 e. The summed E-state index contributed by atoms with van der Waals surface area (Å²) in [4.78, 5) is 26.5. The number of hydrogen-bond donors (Lipinski definition) is 1. The van der Waals surface area contributed by atoms with Gasteiger partial charge in [-0.25, -0.2) is 0 Å². The molecule has 0 aromatic carbocycles. The first kappa shape index (κ1) is 15.9. The first-order valence-corrected chi connectivity index (χ1v) is 7.20. The summed E-state index contributed by atoms with van der Waals surface area (Å²) in [7, 11) is 0. The number of carbonyl (C=O) groups is 1. The summed E-state index contributed by atoms with van der Waals surface area (Å²) in [6, 6.07) is -0.00200. The lowest BCUT2D eigenvalue weighted by atomic mass is 10.2. The van der Waals surface area contributed by atoms with E-state index in [1.54, 1.807) is 11.8 Å². The second kappa shape index (κ2) is 6.34. The molecule has 1 aromatic heterocycles. The van der Waals surface area contributed by atoms with Gasteiger partial charge in [0.15, 0.2) is 0 Å². The quantitative estimate of drug-likeness (QED) is 0.883. The number of aromatic nitrogens is 1. The van der Waals surface area contributed by atoms with Crippen LogP contribution in [0.4, 0.5) is 0 Å². The second-order valence-corrected chi connectivity index (χ2v) is 6.25. The highest BCUT2D eigenvalue weighted by Crippen LogP contribution is 2.10. The number of hydrogen-bond acceptors (Lipinski definition) is 4. The van der Waals surface area contributed by atoms with Crippen molar-refractivity contribution < 1.29 is 9.90 Å². The summed E-state index contributed by atoms with van der Waals surface area (Å²) in [5, 5.41) is 9.44. The Balaban J connectivity index is 2.90.